The molecule has 5 heteroatoms. The average molecular weight is 310 g/mol. The van der Waals surface area contributed by atoms with Crippen molar-refractivity contribution >= 4 is 11.3 Å². The highest BCUT2D eigenvalue weighted by atomic mass is 32.1. The molecule has 0 aliphatic heterocycles. The third-order valence-corrected chi connectivity index (χ3v) is 4.55. The number of nitrogens with one attached hydrogen (secondary N) is 1. The lowest BCUT2D eigenvalue weighted by molar-refractivity contribution is 0.497. The van der Waals surface area contributed by atoms with Crippen LogP contribution in [0, 0.1) is 25.5 Å². The molecule has 0 amide bonds. The maximum Gasteiger partial charge on any atom is 0.159 e. The Morgan fingerprint density at radius 3 is 2.52 bits per heavy atom. The first-order valence-electron chi connectivity index (χ1n) is 7.09. The minimum atomic E-state index is -0.801. The Morgan fingerprint density at radius 1 is 1.19 bits per heavy atom. The smallest absolute Gasteiger partial charge is 0.159 e. The molecule has 0 fully saturated rings. The first-order chi connectivity index (χ1) is 9.99. The van der Waals surface area contributed by atoms with Gasteiger partial charge in [0.1, 0.15) is 0 Å². The standard InChI is InChI=1S/C16H20F2N2S/c1-4-19-13(9-16-20-10(2)11(3)21-16)7-12-5-6-14(17)15(18)8-12/h5-6,8,13,19H,4,7,9H2,1-3H3. The van der Waals surface area contributed by atoms with E-state index in [2.05, 4.69) is 17.2 Å². The van der Waals surface area contributed by atoms with Gasteiger partial charge >= 0.3 is 0 Å². The van der Waals surface area contributed by atoms with Crippen molar-refractivity contribution in [3.63, 3.8) is 0 Å². The average Bonchev–Trinajstić information content (AvgIpc) is 2.73. The molecule has 1 N–H and O–H groups in total. The fourth-order valence-electron chi connectivity index (χ4n) is 2.29. The van der Waals surface area contributed by atoms with Crippen LogP contribution in [0.1, 0.15) is 28.1 Å². The zero-order valence-corrected chi connectivity index (χ0v) is 13.4. The first kappa shape index (κ1) is 16.0. The van der Waals surface area contributed by atoms with Crippen LogP contribution in [-0.2, 0) is 12.8 Å². The van der Waals surface area contributed by atoms with Gasteiger partial charge in [-0.05, 0) is 44.5 Å². The number of nitrogens with zero attached hydrogens (tertiary/aromatic N) is 1. The van der Waals surface area contributed by atoms with E-state index in [0.717, 1.165) is 29.2 Å². The molecular weight excluding hydrogens is 290 g/mol. The molecule has 1 atom stereocenters. The number of aromatic nitrogens is 1. The van der Waals surface area contributed by atoms with Gasteiger partial charge in [0.15, 0.2) is 11.6 Å². The van der Waals surface area contributed by atoms with Gasteiger partial charge in [-0.1, -0.05) is 13.0 Å². The Hall–Kier alpha value is -1.33. The van der Waals surface area contributed by atoms with Gasteiger partial charge in [0.05, 0.1) is 10.7 Å². The number of benzene rings is 1. The molecule has 2 rings (SSSR count). The van der Waals surface area contributed by atoms with Crippen LogP contribution < -0.4 is 5.32 Å². The van der Waals surface area contributed by atoms with Crippen LogP contribution in [0.25, 0.3) is 0 Å². The lowest BCUT2D eigenvalue weighted by atomic mass is 10.0. The summed E-state index contributed by atoms with van der Waals surface area (Å²) in [7, 11) is 0. The van der Waals surface area contributed by atoms with Crippen molar-refractivity contribution in [1.29, 1.82) is 0 Å². The third kappa shape index (κ3) is 4.32. The van der Waals surface area contributed by atoms with Gasteiger partial charge in [-0.2, -0.15) is 0 Å². The summed E-state index contributed by atoms with van der Waals surface area (Å²) in [5.41, 5.74) is 1.86. The lowest BCUT2D eigenvalue weighted by Gasteiger charge is -2.17. The second kappa shape index (κ2) is 7.09. The highest BCUT2D eigenvalue weighted by Crippen LogP contribution is 2.19. The lowest BCUT2D eigenvalue weighted by Crippen LogP contribution is -2.33. The van der Waals surface area contributed by atoms with E-state index in [1.807, 2.05) is 13.8 Å². The molecule has 1 unspecified atom stereocenters. The SMILES string of the molecule is CCNC(Cc1ccc(F)c(F)c1)Cc1nc(C)c(C)s1. The minimum Gasteiger partial charge on any atom is -0.314 e. The highest BCUT2D eigenvalue weighted by molar-refractivity contribution is 7.11. The summed E-state index contributed by atoms with van der Waals surface area (Å²) in [6.45, 7) is 6.94. The van der Waals surface area contributed by atoms with E-state index in [1.165, 1.54) is 17.0 Å². The predicted molar refractivity (Wildman–Crippen MR) is 82.8 cm³/mol. The van der Waals surface area contributed by atoms with Gasteiger partial charge in [0.25, 0.3) is 0 Å². The molecule has 2 nitrogen and oxygen atoms in total. The van der Waals surface area contributed by atoms with Crippen LogP contribution in [0.4, 0.5) is 8.78 Å². The summed E-state index contributed by atoms with van der Waals surface area (Å²) < 4.78 is 26.3. The van der Waals surface area contributed by atoms with Gasteiger partial charge in [-0.25, -0.2) is 13.8 Å². The van der Waals surface area contributed by atoms with E-state index in [4.69, 9.17) is 0 Å². The molecule has 0 aliphatic rings. The fourth-order valence-corrected chi connectivity index (χ4v) is 3.31. The summed E-state index contributed by atoms with van der Waals surface area (Å²) in [6, 6.07) is 4.27. The molecule has 21 heavy (non-hydrogen) atoms. The number of likely N-dealkylation sites (N-methyl/N-ethyl adjacent to an activating group) is 1. The number of aryl methyl sites for hydroxylation is 2. The maximum atomic E-state index is 13.3. The maximum absolute atomic E-state index is 13.3. The molecule has 0 saturated carbocycles. The molecule has 0 spiro atoms. The van der Waals surface area contributed by atoms with Crippen LogP contribution in [0.5, 0.6) is 0 Å². The third-order valence-electron chi connectivity index (χ3n) is 3.45. The van der Waals surface area contributed by atoms with Crippen LogP contribution in [0.15, 0.2) is 18.2 Å². The zero-order chi connectivity index (χ0) is 15.4. The largest absolute Gasteiger partial charge is 0.314 e. The van der Waals surface area contributed by atoms with E-state index >= 15 is 0 Å². The van der Waals surface area contributed by atoms with Crippen molar-refractivity contribution < 1.29 is 8.78 Å². The Labute approximate surface area is 128 Å². The second-order valence-electron chi connectivity index (χ2n) is 5.16. The molecule has 114 valence electrons. The van der Waals surface area contributed by atoms with Crippen LogP contribution in [-0.4, -0.2) is 17.6 Å². The van der Waals surface area contributed by atoms with Crippen molar-refractivity contribution in [2.24, 2.45) is 0 Å². The fraction of sp³-hybridized carbons (Fsp3) is 0.438. The van der Waals surface area contributed by atoms with E-state index < -0.39 is 11.6 Å². The van der Waals surface area contributed by atoms with Gasteiger partial charge < -0.3 is 5.32 Å². The summed E-state index contributed by atoms with van der Waals surface area (Å²) >= 11 is 1.70. The van der Waals surface area contributed by atoms with Crippen LogP contribution >= 0.6 is 11.3 Å². The number of hydrogen-bond donors (Lipinski definition) is 1. The van der Waals surface area contributed by atoms with Crippen LogP contribution in [0.2, 0.25) is 0 Å². The summed E-state index contributed by atoms with van der Waals surface area (Å²) in [4.78, 5) is 5.78. The molecule has 1 aromatic carbocycles. The van der Waals surface area contributed by atoms with Gasteiger partial charge in [0.2, 0.25) is 0 Å². The Balaban J connectivity index is 2.09. The topological polar surface area (TPSA) is 24.9 Å². The van der Waals surface area contributed by atoms with Gasteiger partial charge in [-0.15, -0.1) is 11.3 Å². The van der Waals surface area contributed by atoms with E-state index in [-0.39, 0.29) is 6.04 Å². The quantitative estimate of drug-likeness (QED) is 0.878. The molecule has 0 aliphatic carbocycles. The summed E-state index contributed by atoms with van der Waals surface area (Å²) in [5.74, 6) is -1.59. The van der Waals surface area contributed by atoms with E-state index in [9.17, 15) is 8.78 Å². The first-order valence-corrected chi connectivity index (χ1v) is 7.91. The molecular formula is C16H20F2N2S. The van der Waals surface area contributed by atoms with Crippen LogP contribution in [0.3, 0.4) is 0 Å². The molecule has 1 aromatic heterocycles. The predicted octanol–water partition coefficient (Wildman–Crippen LogP) is 3.80. The molecule has 0 saturated heterocycles. The number of rotatable bonds is 6. The number of halogens is 2. The van der Waals surface area contributed by atoms with Gasteiger partial charge in [-0.3, -0.25) is 0 Å². The normalized spacial score (nSPS) is 12.6. The van der Waals surface area contributed by atoms with Crippen molar-refractivity contribution in [1.82, 2.24) is 10.3 Å². The van der Waals surface area contributed by atoms with Crippen molar-refractivity contribution in [3.05, 3.63) is 51.0 Å². The Bertz CT molecular complexity index is 591. The molecule has 2 aromatic rings. The number of thiazole rings is 1. The summed E-state index contributed by atoms with van der Waals surface area (Å²) in [5, 5.41) is 4.47. The number of hydrogen-bond acceptors (Lipinski definition) is 3. The Morgan fingerprint density at radius 2 is 1.95 bits per heavy atom. The van der Waals surface area contributed by atoms with Crippen molar-refractivity contribution in [2.45, 2.75) is 39.7 Å². The Kier molecular flexibility index (Phi) is 5.42. The second-order valence-corrected chi connectivity index (χ2v) is 6.45. The summed E-state index contributed by atoms with van der Waals surface area (Å²) in [6.07, 6.45) is 1.45. The molecule has 0 radical (unpaired) electrons. The minimum absolute atomic E-state index is 0.171. The zero-order valence-electron chi connectivity index (χ0n) is 12.5. The van der Waals surface area contributed by atoms with E-state index in [1.54, 1.807) is 17.4 Å². The van der Waals surface area contributed by atoms with Crippen molar-refractivity contribution in [2.75, 3.05) is 6.54 Å². The molecule has 0 bridgehead atoms. The van der Waals surface area contributed by atoms with Crippen molar-refractivity contribution in [3.8, 4) is 0 Å². The van der Waals surface area contributed by atoms with E-state index in [0.29, 0.717) is 6.42 Å². The highest BCUT2D eigenvalue weighted by Gasteiger charge is 2.14. The molecule has 1 heterocycles. The monoisotopic (exact) mass is 310 g/mol. The van der Waals surface area contributed by atoms with Gasteiger partial charge in [0, 0.05) is 17.3 Å².